The van der Waals surface area contributed by atoms with Crippen LogP contribution in [0.5, 0.6) is 5.75 Å². The van der Waals surface area contributed by atoms with Gasteiger partial charge in [0, 0.05) is 11.6 Å². The van der Waals surface area contributed by atoms with Gasteiger partial charge in [0.25, 0.3) is 5.91 Å². The van der Waals surface area contributed by atoms with Crippen molar-refractivity contribution in [1.82, 2.24) is 5.32 Å². The summed E-state index contributed by atoms with van der Waals surface area (Å²) in [6.45, 7) is 0. The number of nitrogens with one attached hydrogen (secondary N) is 1. The summed E-state index contributed by atoms with van der Waals surface area (Å²) in [4.78, 5) is 24.0. The number of hydrogen-bond donors (Lipinski definition) is 1. The largest absolute Gasteiger partial charge is 0.476 e. The molecule has 0 spiro atoms. The molecule has 1 atom stereocenters. The van der Waals surface area contributed by atoms with E-state index in [0.717, 1.165) is 18.4 Å². The van der Waals surface area contributed by atoms with Crippen molar-refractivity contribution in [3.05, 3.63) is 65.7 Å². The molecule has 1 fully saturated rings. The molecule has 2 aromatic rings. The highest BCUT2D eigenvalue weighted by molar-refractivity contribution is 5.89. The third kappa shape index (κ3) is 3.93. The molecule has 1 amide bonds. The van der Waals surface area contributed by atoms with Gasteiger partial charge in [-0.3, -0.25) is 4.79 Å². The Morgan fingerprint density at radius 2 is 1.71 bits per heavy atom. The molecule has 124 valence electrons. The van der Waals surface area contributed by atoms with Crippen molar-refractivity contribution in [3.8, 4) is 5.75 Å². The van der Waals surface area contributed by atoms with Crippen LogP contribution >= 0.6 is 0 Å². The molecule has 1 unspecified atom stereocenters. The predicted molar refractivity (Wildman–Crippen MR) is 88.8 cm³/mol. The monoisotopic (exact) mass is 325 g/mol. The number of amides is 1. The van der Waals surface area contributed by atoms with Crippen molar-refractivity contribution in [2.75, 3.05) is 7.11 Å². The summed E-state index contributed by atoms with van der Waals surface area (Å²) < 4.78 is 10.6. The lowest BCUT2D eigenvalue weighted by atomic mass is 10.1. The van der Waals surface area contributed by atoms with E-state index in [1.807, 2.05) is 30.3 Å². The van der Waals surface area contributed by atoms with Gasteiger partial charge in [-0.2, -0.15) is 0 Å². The van der Waals surface area contributed by atoms with Crippen LogP contribution in [0.4, 0.5) is 0 Å². The number of carbonyl (C=O) groups is 2. The number of esters is 1. The average Bonchev–Trinajstić information content (AvgIpc) is 3.44. The fraction of sp³-hybridized carbons (Fsp3) is 0.263. The number of methoxy groups -OCH3 is 1. The normalized spacial score (nSPS) is 14.5. The van der Waals surface area contributed by atoms with Crippen LogP contribution in [0.3, 0.4) is 0 Å². The number of carbonyl (C=O) groups excluding carboxylic acids is 2. The lowest BCUT2D eigenvalue weighted by molar-refractivity contribution is -0.128. The standard InChI is InChI=1S/C19H19NO4/c1-23-19(22)14-7-11-16(12-8-14)24-17(13-5-3-2-4-6-13)18(21)20-15-9-10-15/h2-8,11-12,15,17H,9-10H2,1H3,(H,20,21). The highest BCUT2D eigenvalue weighted by Crippen LogP contribution is 2.25. The fourth-order valence-electron chi connectivity index (χ4n) is 2.33. The molecule has 0 aromatic heterocycles. The summed E-state index contributed by atoms with van der Waals surface area (Å²) in [6, 6.07) is 16.2. The van der Waals surface area contributed by atoms with E-state index in [9.17, 15) is 9.59 Å². The summed E-state index contributed by atoms with van der Waals surface area (Å²) in [5, 5.41) is 2.97. The van der Waals surface area contributed by atoms with Gasteiger partial charge in [-0.05, 0) is 37.1 Å². The first-order chi connectivity index (χ1) is 11.7. The molecular formula is C19H19NO4. The molecule has 2 aromatic carbocycles. The van der Waals surface area contributed by atoms with Crippen LogP contribution in [0.15, 0.2) is 54.6 Å². The minimum Gasteiger partial charge on any atom is -0.476 e. The summed E-state index contributed by atoms with van der Waals surface area (Å²) in [6.07, 6.45) is 1.30. The van der Waals surface area contributed by atoms with Crippen LogP contribution in [0, 0.1) is 0 Å². The molecule has 0 saturated heterocycles. The number of hydrogen-bond acceptors (Lipinski definition) is 4. The van der Waals surface area contributed by atoms with Gasteiger partial charge in [-0.1, -0.05) is 30.3 Å². The van der Waals surface area contributed by atoms with Crippen LogP contribution in [0.25, 0.3) is 0 Å². The first-order valence-electron chi connectivity index (χ1n) is 7.88. The summed E-state index contributed by atoms with van der Waals surface area (Å²) >= 11 is 0. The number of ether oxygens (including phenoxy) is 2. The van der Waals surface area contributed by atoms with E-state index >= 15 is 0 Å². The van der Waals surface area contributed by atoms with Crippen LogP contribution < -0.4 is 10.1 Å². The van der Waals surface area contributed by atoms with Gasteiger partial charge in [0.15, 0.2) is 0 Å². The van der Waals surface area contributed by atoms with Crippen LogP contribution in [0.2, 0.25) is 0 Å². The van der Waals surface area contributed by atoms with Gasteiger partial charge in [-0.15, -0.1) is 0 Å². The predicted octanol–water partition coefficient (Wildman–Crippen LogP) is 2.87. The Bertz CT molecular complexity index is 708. The van der Waals surface area contributed by atoms with E-state index in [4.69, 9.17) is 4.74 Å². The molecule has 24 heavy (non-hydrogen) atoms. The minimum absolute atomic E-state index is 0.152. The highest BCUT2D eigenvalue weighted by Gasteiger charge is 2.29. The van der Waals surface area contributed by atoms with Crippen LogP contribution in [-0.4, -0.2) is 25.0 Å². The maximum atomic E-state index is 12.5. The summed E-state index contributed by atoms with van der Waals surface area (Å²) in [5.74, 6) is -0.0455. The van der Waals surface area contributed by atoms with Crippen LogP contribution in [-0.2, 0) is 9.53 Å². The zero-order valence-corrected chi connectivity index (χ0v) is 13.4. The van der Waals surface area contributed by atoms with Gasteiger partial charge in [0.2, 0.25) is 6.10 Å². The lowest BCUT2D eigenvalue weighted by Gasteiger charge is -2.19. The average molecular weight is 325 g/mol. The Balaban J connectivity index is 1.78. The van der Waals surface area contributed by atoms with Crippen molar-refractivity contribution in [3.63, 3.8) is 0 Å². The van der Waals surface area contributed by atoms with Crippen LogP contribution in [0.1, 0.15) is 34.9 Å². The molecule has 0 aliphatic heterocycles. The number of benzene rings is 2. The number of rotatable bonds is 6. The smallest absolute Gasteiger partial charge is 0.337 e. The quantitative estimate of drug-likeness (QED) is 0.830. The molecule has 0 radical (unpaired) electrons. The van der Waals surface area contributed by atoms with E-state index < -0.39 is 12.1 Å². The SMILES string of the molecule is COC(=O)c1ccc(OC(C(=O)NC2CC2)c2ccccc2)cc1. The van der Waals surface area contributed by atoms with Gasteiger partial charge < -0.3 is 14.8 Å². The second-order valence-electron chi connectivity index (χ2n) is 5.71. The van der Waals surface area contributed by atoms with Crippen molar-refractivity contribution in [2.24, 2.45) is 0 Å². The Hall–Kier alpha value is -2.82. The van der Waals surface area contributed by atoms with E-state index in [-0.39, 0.29) is 11.9 Å². The van der Waals surface area contributed by atoms with E-state index in [1.54, 1.807) is 24.3 Å². The van der Waals surface area contributed by atoms with Gasteiger partial charge >= 0.3 is 5.97 Å². The van der Waals surface area contributed by atoms with Gasteiger partial charge in [0.05, 0.1) is 12.7 Å². The molecular weight excluding hydrogens is 306 g/mol. The second kappa shape index (κ2) is 7.17. The molecule has 5 heteroatoms. The molecule has 1 N–H and O–H groups in total. The second-order valence-corrected chi connectivity index (χ2v) is 5.71. The molecule has 1 aliphatic rings. The Morgan fingerprint density at radius 3 is 2.29 bits per heavy atom. The van der Waals surface area contributed by atoms with Gasteiger partial charge in [-0.25, -0.2) is 4.79 Å². The molecule has 1 saturated carbocycles. The molecule has 3 rings (SSSR count). The Labute approximate surface area is 140 Å². The van der Waals surface area contributed by atoms with Crippen molar-refractivity contribution >= 4 is 11.9 Å². The Morgan fingerprint density at radius 1 is 1.04 bits per heavy atom. The maximum Gasteiger partial charge on any atom is 0.337 e. The summed E-state index contributed by atoms with van der Waals surface area (Å²) in [7, 11) is 1.33. The fourth-order valence-corrected chi connectivity index (χ4v) is 2.33. The van der Waals surface area contributed by atoms with Crippen molar-refractivity contribution in [2.45, 2.75) is 25.0 Å². The molecule has 5 nitrogen and oxygen atoms in total. The zero-order chi connectivity index (χ0) is 16.9. The van der Waals surface area contributed by atoms with Gasteiger partial charge in [0.1, 0.15) is 5.75 Å². The first kappa shape index (κ1) is 16.1. The highest BCUT2D eigenvalue weighted by atomic mass is 16.5. The Kier molecular flexibility index (Phi) is 4.79. The third-order valence-corrected chi connectivity index (χ3v) is 3.79. The van der Waals surface area contributed by atoms with E-state index in [0.29, 0.717) is 11.3 Å². The topological polar surface area (TPSA) is 64.6 Å². The zero-order valence-electron chi connectivity index (χ0n) is 13.4. The van der Waals surface area contributed by atoms with E-state index in [2.05, 4.69) is 10.1 Å². The molecule has 0 bridgehead atoms. The summed E-state index contributed by atoms with van der Waals surface area (Å²) in [5.41, 5.74) is 1.22. The lowest BCUT2D eigenvalue weighted by Crippen LogP contribution is -2.33. The minimum atomic E-state index is -0.726. The van der Waals surface area contributed by atoms with E-state index in [1.165, 1.54) is 7.11 Å². The maximum absolute atomic E-state index is 12.5. The van der Waals surface area contributed by atoms with Crippen molar-refractivity contribution in [1.29, 1.82) is 0 Å². The molecule has 1 aliphatic carbocycles. The van der Waals surface area contributed by atoms with Crippen molar-refractivity contribution < 1.29 is 19.1 Å². The molecule has 0 heterocycles. The first-order valence-corrected chi connectivity index (χ1v) is 7.88. The third-order valence-electron chi connectivity index (χ3n) is 3.79.